The Morgan fingerprint density at radius 3 is 2.00 bits per heavy atom. The van der Waals surface area contributed by atoms with Gasteiger partial charge in [-0.3, -0.25) is 0 Å². The van der Waals surface area contributed by atoms with Crippen molar-refractivity contribution in [3.63, 3.8) is 0 Å². The van der Waals surface area contributed by atoms with Gasteiger partial charge in [-0.15, -0.1) is 11.3 Å². The topological polar surface area (TPSA) is 39.7 Å². The van der Waals surface area contributed by atoms with Crippen LogP contribution in [0.3, 0.4) is 0 Å². The maximum absolute atomic E-state index is 5.36. The van der Waals surface area contributed by atoms with Crippen molar-refractivity contribution in [1.82, 2.24) is 0 Å². The lowest BCUT2D eigenvalue weighted by atomic mass is 10.2. The van der Waals surface area contributed by atoms with Crippen molar-refractivity contribution in [2.45, 2.75) is 20.4 Å². The summed E-state index contributed by atoms with van der Waals surface area (Å²) in [6.07, 6.45) is 0. The Bertz CT molecular complexity index is 597. The molecule has 1 N–H and O–H groups in total. The summed E-state index contributed by atoms with van der Waals surface area (Å²) in [7, 11) is 4.84. The number of rotatable bonds is 6. The molecule has 0 aliphatic carbocycles. The monoisotopic (exact) mass is 307 g/mol. The van der Waals surface area contributed by atoms with Gasteiger partial charge in [-0.05, 0) is 25.5 Å². The normalized spacial score (nSPS) is 10.3. The summed E-state index contributed by atoms with van der Waals surface area (Å²) >= 11 is 1.82. The number of hydrogen-bond acceptors (Lipinski definition) is 5. The maximum atomic E-state index is 5.36. The minimum Gasteiger partial charge on any atom is -0.493 e. The highest BCUT2D eigenvalue weighted by atomic mass is 32.1. The van der Waals surface area contributed by atoms with Crippen molar-refractivity contribution in [2.24, 2.45) is 0 Å². The first-order valence-corrected chi connectivity index (χ1v) is 7.50. The molecule has 1 heterocycles. The summed E-state index contributed by atoms with van der Waals surface area (Å²) in [5, 5.41) is 3.41. The molecule has 114 valence electrons. The Kier molecular flexibility index (Phi) is 4.96. The van der Waals surface area contributed by atoms with Gasteiger partial charge < -0.3 is 19.5 Å². The Hall–Kier alpha value is -1.88. The van der Waals surface area contributed by atoms with Crippen LogP contribution in [0.1, 0.15) is 15.3 Å². The van der Waals surface area contributed by atoms with Crippen LogP contribution in [-0.4, -0.2) is 21.3 Å². The molecule has 0 saturated carbocycles. The summed E-state index contributed by atoms with van der Waals surface area (Å²) in [4.78, 5) is 2.67. The molecule has 0 radical (unpaired) electrons. The van der Waals surface area contributed by atoms with E-state index in [-0.39, 0.29) is 0 Å². The summed E-state index contributed by atoms with van der Waals surface area (Å²) < 4.78 is 16.0. The van der Waals surface area contributed by atoms with Gasteiger partial charge in [0.2, 0.25) is 5.75 Å². The summed E-state index contributed by atoms with van der Waals surface area (Å²) in [5.41, 5.74) is 2.25. The van der Waals surface area contributed by atoms with Crippen LogP contribution in [0.2, 0.25) is 0 Å². The number of nitrogens with one attached hydrogen (secondary N) is 1. The van der Waals surface area contributed by atoms with Crippen LogP contribution in [0, 0.1) is 13.8 Å². The van der Waals surface area contributed by atoms with E-state index in [0.29, 0.717) is 17.2 Å². The second-order valence-corrected chi connectivity index (χ2v) is 6.17. The first kappa shape index (κ1) is 15.5. The van der Waals surface area contributed by atoms with E-state index in [4.69, 9.17) is 14.2 Å². The summed E-state index contributed by atoms with van der Waals surface area (Å²) in [5.74, 6) is 1.91. The van der Waals surface area contributed by atoms with Gasteiger partial charge in [0.1, 0.15) is 0 Å². The largest absolute Gasteiger partial charge is 0.493 e. The molecule has 0 spiro atoms. The van der Waals surface area contributed by atoms with Gasteiger partial charge in [0.15, 0.2) is 11.5 Å². The van der Waals surface area contributed by atoms with Crippen LogP contribution >= 0.6 is 11.3 Å². The number of aryl methyl sites for hydroxylation is 2. The number of methoxy groups -OCH3 is 3. The third-order valence-corrected chi connectivity index (χ3v) is 4.30. The third-order valence-electron chi connectivity index (χ3n) is 3.29. The molecule has 0 aliphatic rings. The van der Waals surface area contributed by atoms with Crippen LogP contribution in [0.15, 0.2) is 18.2 Å². The summed E-state index contributed by atoms with van der Waals surface area (Å²) in [6, 6.07) is 6.04. The lowest BCUT2D eigenvalue weighted by Gasteiger charge is -2.15. The van der Waals surface area contributed by atoms with E-state index in [1.54, 1.807) is 21.3 Å². The molecular weight excluding hydrogens is 286 g/mol. The molecule has 1 aromatic heterocycles. The Balaban J connectivity index is 2.22. The fourth-order valence-electron chi connectivity index (χ4n) is 2.24. The average Bonchev–Trinajstić information content (AvgIpc) is 2.81. The van der Waals surface area contributed by atoms with Crippen LogP contribution in [0.25, 0.3) is 0 Å². The Morgan fingerprint density at radius 1 is 0.952 bits per heavy atom. The van der Waals surface area contributed by atoms with Crippen molar-refractivity contribution in [3.8, 4) is 17.2 Å². The van der Waals surface area contributed by atoms with Gasteiger partial charge in [-0.2, -0.15) is 0 Å². The molecule has 4 nitrogen and oxygen atoms in total. The minimum absolute atomic E-state index is 0.605. The Labute approximate surface area is 129 Å². The minimum atomic E-state index is 0.605. The van der Waals surface area contributed by atoms with Crippen LogP contribution in [0.5, 0.6) is 17.2 Å². The average molecular weight is 307 g/mol. The fourth-order valence-corrected chi connectivity index (χ4v) is 3.19. The number of thiophene rings is 1. The molecule has 2 rings (SSSR count). The predicted molar refractivity (Wildman–Crippen MR) is 87.2 cm³/mol. The predicted octanol–water partition coefficient (Wildman–Crippen LogP) is 4.00. The van der Waals surface area contributed by atoms with Crippen molar-refractivity contribution in [2.75, 3.05) is 26.6 Å². The second-order valence-electron chi connectivity index (χ2n) is 4.71. The molecule has 0 amide bonds. The highest BCUT2D eigenvalue weighted by Gasteiger charge is 2.13. The van der Waals surface area contributed by atoms with E-state index in [1.165, 1.54) is 15.3 Å². The van der Waals surface area contributed by atoms with Gasteiger partial charge >= 0.3 is 0 Å². The van der Waals surface area contributed by atoms with Gasteiger partial charge in [-0.25, -0.2) is 0 Å². The molecule has 5 heteroatoms. The van der Waals surface area contributed by atoms with E-state index in [0.717, 1.165) is 12.2 Å². The zero-order chi connectivity index (χ0) is 15.4. The maximum Gasteiger partial charge on any atom is 0.203 e. The van der Waals surface area contributed by atoms with Gasteiger partial charge in [0.25, 0.3) is 0 Å². The zero-order valence-electron chi connectivity index (χ0n) is 13.1. The van der Waals surface area contributed by atoms with E-state index in [9.17, 15) is 0 Å². The molecular formula is C16H21NO3S. The highest BCUT2D eigenvalue weighted by Crippen LogP contribution is 2.40. The van der Waals surface area contributed by atoms with Gasteiger partial charge in [0.05, 0.1) is 21.3 Å². The molecule has 0 fully saturated rings. The smallest absolute Gasteiger partial charge is 0.203 e. The zero-order valence-corrected chi connectivity index (χ0v) is 13.9. The van der Waals surface area contributed by atoms with Crippen LogP contribution in [0.4, 0.5) is 5.69 Å². The molecule has 21 heavy (non-hydrogen) atoms. The number of benzene rings is 1. The standard InChI is InChI=1S/C16H21NO3S/c1-10-6-12(11(2)21-10)9-17-13-7-14(18-3)16(20-5)15(8-13)19-4/h6-8,17H,9H2,1-5H3. The van der Waals surface area contributed by atoms with Crippen LogP contribution in [-0.2, 0) is 6.54 Å². The van der Waals surface area contributed by atoms with Gasteiger partial charge in [0, 0.05) is 34.1 Å². The lowest BCUT2D eigenvalue weighted by molar-refractivity contribution is 0.324. The van der Waals surface area contributed by atoms with Crippen molar-refractivity contribution >= 4 is 17.0 Å². The van der Waals surface area contributed by atoms with Gasteiger partial charge in [-0.1, -0.05) is 0 Å². The second kappa shape index (κ2) is 6.72. The third kappa shape index (κ3) is 3.42. The first-order valence-electron chi connectivity index (χ1n) is 6.68. The lowest BCUT2D eigenvalue weighted by Crippen LogP contribution is -2.02. The number of anilines is 1. The first-order chi connectivity index (χ1) is 10.1. The van der Waals surface area contributed by atoms with Crippen molar-refractivity contribution in [3.05, 3.63) is 33.5 Å². The van der Waals surface area contributed by atoms with E-state index in [1.807, 2.05) is 23.5 Å². The van der Waals surface area contributed by atoms with Crippen molar-refractivity contribution < 1.29 is 14.2 Å². The quantitative estimate of drug-likeness (QED) is 0.875. The molecule has 0 bridgehead atoms. The van der Waals surface area contributed by atoms with E-state index < -0.39 is 0 Å². The molecule has 0 unspecified atom stereocenters. The Morgan fingerprint density at radius 2 is 1.57 bits per heavy atom. The summed E-state index contributed by atoms with van der Waals surface area (Å²) in [6.45, 7) is 5.04. The molecule has 0 atom stereocenters. The molecule has 2 aromatic rings. The molecule has 0 aliphatic heterocycles. The number of ether oxygens (including phenoxy) is 3. The number of hydrogen-bond donors (Lipinski definition) is 1. The SMILES string of the molecule is COc1cc(NCc2cc(C)sc2C)cc(OC)c1OC. The van der Waals surface area contributed by atoms with Crippen molar-refractivity contribution in [1.29, 1.82) is 0 Å². The highest BCUT2D eigenvalue weighted by molar-refractivity contribution is 7.12. The fraction of sp³-hybridized carbons (Fsp3) is 0.375. The molecule has 1 aromatic carbocycles. The van der Waals surface area contributed by atoms with E-state index >= 15 is 0 Å². The molecule has 0 saturated heterocycles. The van der Waals surface area contributed by atoms with E-state index in [2.05, 4.69) is 25.2 Å². The van der Waals surface area contributed by atoms with Crippen LogP contribution < -0.4 is 19.5 Å².